The Labute approximate surface area is 120 Å². The number of thiol groups is 1. The summed E-state index contributed by atoms with van der Waals surface area (Å²) in [7, 11) is 0. The molecule has 0 bridgehead atoms. The van der Waals surface area contributed by atoms with E-state index in [2.05, 4.69) is 12.6 Å². The molecule has 1 amide bonds. The van der Waals surface area contributed by atoms with Crippen molar-refractivity contribution in [1.29, 1.82) is 0 Å². The fourth-order valence-electron chi connectivity index (χ4n) is 2.15. The standard InChI is InChI=1S/C13H23NO4S/c1-3-10(2)18-12(15)14-8-5-4-6-11(14)7-9-17-13(16)19/h10-11H,3-9H2,1-2H3,(H,16,19). The topological polar surface area (TPSA) is 55.8 Å². The SMILES string of the molecule is CCC(C)OC(=O)N1CCCCC1CCOC(=O)S. The lowest BCUT2D eigenvalue weighted by molar-refractivity contribution is 0.0409. The van der Waals surface area contributed by atoms with Gasteiger partial charge < -0.3 is 14.4 Å². The number of ether oxygens (including phenoxy) is 2. The molecule has 110 valence electrons. The lowest BCUT2D eigenvalue weighted by Gasteiger charge is -2.35. The smallest absolute Gasteiger partial charge is 0.410 e. The van der Waals surface area contributed by atoms with Crippen molar-refractivity contribution in [2.45, 2.75) is 58.1 Å². The Balaban J connectivity index is 2.46. The van der Waals surface area contributed by atoms with Gasteiger partial charge in [0, 0.05) is 19.0 Å². The number of carbonyl (C=O) groups is 2. The van der Waals surface area contributed by atoms with Crippen molar-refractivity contribution in [3.63, 3.8) is 0 Å². The molecule has 0 radical (unpaired) electrons. The van der Waals surface area contributed by atoms with Crippen LogP contribution < -0.4 is 0 Å². The average Bonchev–Trinajstić information content (AvgIpc) is 2.38. The zero-order chi connectivity index (χ0) is 14.3. The summed E-state index contributed by atoms with van der Waals surface area (Å²) in [6.45, 7) is 4.88. The molecule has 1 saturated heterocycles. The van der Waals surface area contributed by atoms with Gasteiger partial charge in [-0.25, -0.2) is 9.59 Å². The van der Waals surface area contributed by atoms with E-state index in [4.69, 9.17) is 9.47 Å². The summed E-state index contributed by atoms with van der Waals surface area (Å²) >= 11 is 3.55. The van der Waals surface area contributed by atoms with Gasteiger partial charge in [-0.05, 0) is 32.6 Å². The number of amides is 1. The molecule has 0 N–H and O–H groups in total. The van der Waals surface area contributed by atoms with Crippen LogP contribution in [0.1, 0.15) is 46.0 Å². The van der Waals surface area contributed by atoms with Crippen LogP contribution in [0.5, 0.6) is 0 Å². The van der Waals surface area contributed by atoms with Gasteiger partial charge in [0.1, 0.15) is 6.10 Å². The van der Waals surface area contributed by atoms with Crippen LogP contribution in [-0.2, 0) is 9.47 Å². The number of hydrogen-bond acceptors (Lipinski definition) is 4. The molecule has 0 spiro atoms. The summed E-state index contributed by atoms with van der Waals surface area (Å²) in [4.78, 5) is 24.4. The predicted molar refractivity (Wildman–Crippen MR) is 75.5 cm³/mol. The summed E-state index contributed by atoms with van der Waals surface area (Å²) in [5, 5.41) is -0.579. The number of likely N-dealkylation sites (tertiary alicyclic amines) is 1. The first kappa shape index (κ1) is 16.1. The molecule has 1 aliphatic rings. The van der Waals surface area contributed by atoms with Crippen molar-refractivity contribution in [3.8, 4) is 0 Å². The number of rotatable bonds is 5. The molecule has 6 heteroatoms. The highest BCUT2D eigenvalue weighted by Crippen LogP contribution is 2.21. The van der Waals surface area contributed by atoms with E-state index in [9.17, 15) is 9.59 Å². The van der Waals surface area contributed by atoms with Crippen LogP contribution in [0.3, 0.4) is 0 Å². The Kier molecular flexibility index (Phi) is 7.05. The largest absolute Gasteiger partial charge is 0.458 e. The molecule has 2 unspecified atom stereocenters. The highest BCUT2D eigenvalue weighted by Gasteiger charge is 2.28. The Morgan fingerprint density at radius 2 is 2.16 bits per heavy atom. The predicted octanol–water partition coefficient (Wildman–Crippen LogP) is 3.23. The second-order valence-electron chi connectivity index (χ2n) is 4.85. The first-order valence-electron chi connectivity index (χ1n) is 6.87. The Hall–Kier alpha value is -0.910. The second kappa shape index (κ2) is 8.30. The van der Waals surface area contributed by atoms with Gasteiger partial charge >= 0.3 is 11.4 Å². The Morgan fingerprint density at radius 1 is 1.42 bits per heavy atom. The van der Waals surface area contributed by atoms with Gasteiger partial charge in [0.25, 0.3) is 0 Å². The molecule has 0 aromatic rings. The van der Waals surface area contributed by atoms with E-state index >= 15 is 0 Å². The number of nitrogens with zero attached hydrogens (tertiary/aromatic N) is 1. The summed E-state index contributed by atoms with van der Waals surface area (Å²) in [5.74, 6) is 0. The number of piperidine rings is 1. The normalized spacial score (nSPS) is 20.8. The van der Waals surface area contributed by atoms with E-state index in [1.165, 1.54) is 0 Å². The molecule has 0 aromatic carbocycles. The molecule has 0 aromatic heterocycles. The zero-order valence-electron chi connectivity index (χ0n) is 11.6. The quantitative estimate of drug-likeness (QED) is 0.623. The lowest BCUT2D eigenvalue weighted by Crippen LogP contribution is -2.45. The third kappa shape index (κ3) is 5.72. The minimum atomic E-state index is -0.579. The Morgan fingerprint density at radius 3 is 2.79 bits per heavy atom. The molecular weight excluding hydrogens is 266 g/mol. The average molecular weight is 289 g/mol. The monoisotopic (exact) mass is 289 g/mol. The van der Waals surface area contributed by atoms with Crippen LogP contribution in [0.2, 0.25) is 0 Å². The summed E-state index contributed by atoms with van der Waals surface area (Å²) in [6, 6.07) is 0.0954. The fraction of sp³-hybridized carbons (Fsp3) is 0.846. The van der Waals surface area contributed by atoms with E-state index in [-0.39, 0.29) is 18.2 Å². The minimum absolute atomic E-state index is 0.0645. The summed E-state index contributed by atoms with van der Waals surface area (Å²) in [5.41, 5.74) is 0. The molecular formula is C13H23NO4S. The molecule has 0 aliphatic carbocycles. The van der Waals surface area contributed by atoms with Gasteiger partial charge in [-0.2, -0.15) is 0 Å². The van der Waals surface area contributed by atoms with E-state index in [0.717, 1.165) is 32.2 Å². The van der Waals surface area contributed by atoms with E-state index < -0.39 is 5.30 Å². The van der Waals surface area contributed by atoms with Gasteiger partial charge in [0.15, 0.2) is 0 Å². The molecule has 1 aliphatic heterocycles. The molecule has 2 atom stereocenters. The van der Waals surface area contributed by atoms with Crippen molar-refractivity contribution in [2.24, 2.45) is 0 Å². The molecule has 1 heterocycles. The number of carbonyl (C=O) groups excluding carboxylic acids is 2. The van der Waals surface area contributed by atoms with Gasteiger partial charge in [0.2, 0.25) is 0 Å². The van der Waals surface area contributed by atoms with Crippen molar-refractivity contribution >= 4 is 24.0 Å². The third-order valence-electron chi connectivity index (χ3n) is 3.42. The van der Waals surface area contributed by atoms with Crippen LogP contribution in [0.4, 0.5) is 9.59 Å². The highest BCUT2D eigenvalue weighted by molar-refractivity contribution is 7.96. The van der Waals surface area contributed by atoms with Gasteiger partial charge in [0.05, 0.1) is 6.61 Å². The molecule has 0 saturated carbocycles. The van der Waals surface area contributed by atoms with Crippen molar-refractivity contribution in [3.05, 3.63) is 0 Å². The molecule has 1 rings (SSSR count). The Bertz CT molecular complexity index is 311. The summed E-state index contributed by atoms with van der Waals surface area (Å²) < 4.78 is 10.2. The van der Waals surface area contributed by atoms with E-state index in [0.29, 0.717) is 13.0 Å². The van der Waals surface area contributed by atoms with Gasteiger partial charge in [-0.15, -0.1) is 0 Å². The minimum Gasteiger partial charge on any atom is -0.458 e. The maximum atomic E-state index is 12.1. The third-order valence-corrected chi connectivity index (χ3v) is 3.54. The second-order valence-corrected chi connectivity index (χ2v) is 5.21. The van der Waals surface area contributed by atoms with E-state index in [1.807, 2.05) is 13.8 Å². The van der Waals surface area contributed by atoms with Crippen LogP contribution in [0.25, 0.3) is 0 Å². The highest BCUT2D eigenvalue weighted by atomic mass is 32.1. The lowest BCUT2D eigenvalue weighted by atomic mass is 10.0. The van der Waals surface area contributed by atoms with Crippen LogP contribution >= 0.6 is 12.6 Å². The van der Waals surface area contributed by atoms with Gasteiger partial charge in [-0.3, -0.25) is 0 Å². The van der Waals surface area contributed by atoms with E-state index in [1.54, 1.807) is 4.90 Å². The first-order chi connectivity index (χ1) is 9.04. The maximum Gasteiger partial charge on any atom is 0.410 e. The number of hydrogen-bond donors (Lipinski definition) is 1. The van der Waals surface area contributed by atoms with Crippen molar-refractivity contribution < 1.29 is 19.1 Å². The molecule has 1 fully saturated rings. The van der Waals surface area contributed by atoms with Crippen LogP contribution in [0, 0.1) is 0 Å². The fourth-order valence-corrected chi connectivity index (χ4v) is 2.24. The van der Waals surface area contributed by atoms with Crippen molar-refractivity contribution in [1.82, 2.24) is 4.90 Å². The van der Waals surface area contributed by atoms with Gasteiger partial charge in [-0.1, -0.05) is 19.6 Å². The van der Waals surface area contributed by atoms with Crippen LogP contribution in [-0.4, -0.2) is 41.6 Å². The maximum absolute atomic E-state index is 12.1. The first-order valence-corrected chi connectivity index (χ1v) is 7.32. The molecule has 5 nitrogen and oxygen atoms in total. The zero-order valence-corrected chi connectivity index (χ0v) is 12.5. The van der Waals surface area contributed by atoms with Crippen LogP contribution in [0.15, 0.2) is 0 Å². The summed E-state index contributed by atoms with van der Waals surface area (Å²) in [6.07, 6.45) is 4.15. The van der Waals surface area contributed by atoms with Crippen molar-refractivity contribution in [2.75, 3.05) is 13.2 Å². The molecule has 19 heavy (non-hydrogen) atoms.